The molecule has 2 aromatic heterocycles. The van der Waals surface area contributed by atoms with Gasteiger partial charge in [-0.3, -0.25) is 4.68 Å². The van der Waals surface area contributed by atoms with Gasteiger partial charge < -0.3 is 4.90 Å². The van der Waals surface area contributed by atoms with E-state index in [4.69, 9.17) is 0 Å². The minimum Gasteiger partial charge on any atom is -0.370 e. The van der Waals surface area contributed by atoms with Gasteiger partial charge in [-0.25, -0.2) is 13.8 Å². The second kappa shape index (κ2) is 5.36. The zero-order chi connectivity index (χ0) is 15.9. The average molecular weight is 302 g/mol. The largest absolute Gasteiger partial charge is 0.370 e. The number of halogens is 2. The van der Waals surface area contributed by atoms with Crippen LogP contribution in [0.3, 0.4) is 0 Å². The summed E-state index contributed by atoms with van der Waals surface area (Å²) in [6.07, 6.45) is 3.71. The Kier molecular flexibility index (Phi) is 3.52. The number of pyridine rings is 1. The lowest BCUT2D eigenvalue weighted by molar-refractivity contribution is 0.515. The number of hydrogen-bond donors (Lipinski definition) is 0. The fourth-order valence-electron chi connectivity index (χ4n) is 2.57. The van der Waals surface area contributed by atoms with Crippen molar-refractivity contribution < 1.29 is 8.78 Å². The molecule has 0 aliphatic rings. The lowest BCUT2D eigenvalue weighted by Gasteiger charge is -2.21. The molecule has 3 rings (SSSR count). The first-order valence-corrected chi connectivity index (χ1v) is 6.89. The maximum atomic E-state index is 14.0. The third-order valence-corrected chi connectivity index (χ3v) is 3.57. The molecule has 0 radical (unpaired) electrons. The van der Waals surface area contributed by atoms with Crippen LogP contribution in [0.5, 0.6) is 0 Å². The van der Waals surface area contributed by atoms with Crippen molar-refractivity contribution in [1.29, 1.82) is 0 Å². The summed E-state index contributed by atoms with van der Waals surface area (Å²) in [6, 6.07) is 4.57. The Morgan fingerprint density at radius 2 is 2.05 bits per heavy atom. The molecule has 0 bridgehead atoms. The Hall–Kier alpha value is -2.50. The summed E-state index contributed by atoms with van der Waals surface area (Å²) in [4.78, 5) is 6.11. The van der Waals surface area contributed by atoms with Gasteiger partial charge in [-0.2, -0.15) is 5.10 Å². The molecule has 4 nitrogen and oxygen atoms in total. The summed E-state index contributed by atoms with van der Waals surface area (Å²) in [5, 5.41) is 4.73. The maximum Gasteiger partial charge on any atom is 0.185 e. The van der Waals surface area contributed by atoms with E-state index in [2.05, 4.69) is 10.1 Å². The lowest BCUT2D eigenvalue weighted by atomic mass is 10.1. The van der Waals surface area contributed by atoms with E-state index in [9.17, 15) is 8.78 Å². The summed E-state index contributed by atoms with van der Waals surface area (Å²) in [5.74, 6) is -1.79. The zero-order valence-electron chi connectivity index (χ0n) is 12.6. The van der Waals surface area contributed by atoms with Crippen LogP contribution in [-0.4, -0.2) is 21.8 Å². The number of rotatable bonds is 3. The molecular formula is C16H16F2N4. The Morgan fingerprint density at radius 3 is 2.73 bits per heavy atom. The molecule has 0 saturated carbocycles. The van der Waals surface area contributed by atoms with Crippen LogP contribution in [0.1, 0.15) is 11.3 Å². The highest BCUT2D eigenvalue weighted by Crippen LogP contribution is 2.29. The van der Waals surface area contributed by atoms with E-state index >= 15 is 0 Å². The molecule has 2 heterocycles. The molecule has 22 heavy (non-hydrogen) atoms. The van der Waals surface area contributed by atoms with Crippen LogP contribution >= 0.6 is 0 Å². The zero-order valence-corrected chi connectivity index (χ0v) is 12.6. The van der Waals surface area contributed by atoms with Gasteiger partial charge in [-0.1, -0.05) is 0 Å². The third-order valence-electron chi connectivity index (χ3n) is 3.57. The van der Waals surface area contributed by atoms with Crippen LogP contribution in [0, 0.1) is 18.6 Å². The van der Waals surface area contributed by atoms with Gasteiger partial charge in [0.2, 0.25) is 0 Å². The minimum absolute atomic E-state index is 0.0630. The smallest absolute Gasteiger partial charge is 0.185 e. The van der Waals surface area contributed by atoms with E-state index in [1.54, 1.807) is 23.9 Å². The monoisotopic (exact) mass is 302 g/mol. The first-order chi connectivity index (χ1) is 10.5. The van der Waals surface area contributed by atoms with Gasteiger partial charge in [0.1, 0.15) is 5.52 Å². The van der Waals surface area contributed by atoms with Gasteiger partial charge in [0, 0.05) is 49.2 Å². The van der Waals surface area contributed by atoms with Crippen molar-refractivity contribution >= 4 is 16.6 Å². The maximum absolute atomic E-state index is 14.0. The molecule has 3 aromatic rings. The predicted octanol–water partition coefficient (Wildman–Crippen LogP) is 3.19. The van der Waals surface area contributed by atoms with Crippen molar-refractivity contribution in [1.82, 2.24) is 14.8 Å². The molecule has 1 aromatic carbocycles. The van der Waals surface area contributed by atoms with Gasteiger partial charge in [0.25, 0.3) is 0 Å². The molecule has 0 unspecified atom stereocenters. The molecule has 6 heteroatoms. The molecule has 0 atom stereocenters. The minimum atomic E-state index is -0.905. The highest BCUT2D eigenvalue weighted by Gasteiger charge is 2.15. The molecule has 114 valence electrons. The molecular weight excluding hydrogens is 286 g/mol. The SMILES string of the molecule is Cc1cc(N(C)Cc2cnn(C)c2)c2ccc(F)c(F)c2n1. The van der Waals surface area contributed by atoms with Gasteiger partial charge in [0.15, 0.2) is 11.6 Å². The number of nitrogens with zero attached hydrogens (tertiary/aromatic N) is 4. The highest BCUT2D eigenvalue weighted by molar-refractivity contribution is 5.92. The number of hydrogen-bond acceptors (Lipinski definition) is 3. The van der Waals surface area contributed by atoms with E-state index in [-0.39, 0.29) is 5.52 Å². The van der Waals surface area contributed by atoms with Gasteiger partial charge in [-0.15, -0.1) is 0 Å². The van der Waals surface area contributed by atoms with Gasteiger partial charge in [-0.05, 0) is 25.1 Å². The van der Waals surface area contributed by atoms with E-state index < -0.39 is 11.6 Å². The lowest BCUT2D eigenvalue weighted by Crippen LogP contribution is -2.17. The van der Waals surface area contributed by atoms with E-state index in [0.29, 0.717) is 17.6 Å². The van der Waals surface area contributed by atoms with Crippen LogP contribution in [0.2, 0.25) is 0 Å². The summed E-state index contributed by atoms with van der Waals surface area (Å²) in [6.45, 7) is 2.39. The Bertz CT molecular complexity index is 842. The van der Waals surface area contributed by atoms with Crippen molar-refractivity contribution in [2.75, 3.05) is 11.9 Å². The van der Waals surface area contributed by atoms with E-state index in [1.165, 1.54) is 0 Å². The summed E-state index contributed by atoms with van der Waals surface area (Å²) in [7, 11) is 3.76. The average Bonchev–Trinajstić information content (AvgIpc) is 2.88. The first-order valence-electron chi connectivity index (χ1n) is 6.89. The van der Waals surface area contributed by atoms with E-state index in [0.717, 1.165) is 17.3 Å². The van der Waals surface area contributed by atoms with Gasteiger partial charge >= 0.3 is 0 Å². The summed E-state index contributed by atoms with van der Waals surface area (Å²) >= 11 is 0. The van der Waals surface area contributed by atoms with Crippen LogP contribution in [0.25, 0.3) is 10.9 Å². The molecule has 0 aliphatic heterocycles. The van der Waals surface area contributed by atoms with Gasteiger partial charge in [0.05, 0.1) is 6.20 Å². The molecule has 0 fully saturated rings. The Morgan fingerprint density at radius 1 is 1.27 bits per heavy atom. The fourth-order valence-corrected chi connectivity index (χ4v) is 2.57. The third kappa shape index (κ3) is 2.52. The number of aryl methyl sites for hydroxylation is 2. The van der Waals surface area contributed by atoms with Crippen LogP contribution < -0.4 is 4.90 Å². The molecule has 0 N–H and O–H groups in total. The second-order valence-corrected chi connectivity index (χ2v) is 5.42. The van der Waals surface area contributed by atoms with Crippen LogP contribution in [0.4, 0.5) is 14.5 Å². The molecule has 0 aliphatic carbocycles. The van der Waals surface area contributed by atoms with E-state index in [1.807, 2.05) is 31.3 Å². The molecule has 0 saturated heterocycles. The van der Waals surface area contributed by atoms with Crippen molar-refractivity contribution in [3.05, 3.63) is 53.5 Å². The van der Waals surface area contributed by atoms with Crippen molar-refractivity contribution in [3.8, 4) is 0 Å². The predicted molar refractivity (Wildman–Crippen MR) is 81.7 cm³/mol. The van der Waals surface area contributed by atoms with Crippen molar-refractivity contribution in [2.45, 2.75) is 13.5 Å². The molecule has 0 amide bonds. The fraction of sp³-hybridized carbons (Fsp3) is 0.250. The topological polar surface area (TPSA) is 34.0 Å². The Balaban J connectivity index is 2.07. The Labute approximate surface area is 127 Å². The first kappa shape index (κ1) is 14.4. The summed E-state index contributed by atoms with van der Waals surface area (Å²) in [5.41, 5.74) is 2.55. The number of aromatic nitrogens is 3. The van der Waals surface area contributed by atoms with Crippen LogP contribution in [-0.2, 0) is 13.6 Å². The molecule has 0 spiro atoms. The number of fused-ring (bicyclic) bond motifs is 1. The van der Waals surface area contributed by atoms with Crippen LogP contribution in [0.15, 0.2) is 30.6 Å². The quantitative estimate of drug-likeness (QED) is 0.745. The number of anilines is 1. The standard InChI is InChI=1S/C16H16F2N4/c1-10-6-14(21(2)8-11-7-19-22(3)9-11)12-4-5-13(17)15(18)16(12)20-10/h4-7,9H,8H2,1-3H3. The van der Waals surface area contributed by atoms with Crippen molar-refractivity contribution in [3.63, 3.8) is 0 Å². The second-order valence-electron chi connectivity index (χ2n) is 5.42. The number of benzene rings is 1. The highest BCUT2D eigenvalue weighted by atomic mass is 19.2. The van der Waals surface area contributed by atoms with Crippen molar-refractivity contribution in [2.24, 2.45) is 7.05 Å². The normalized spacial score (nSPS) is 11.1. The summed E-state index contributed by atoms with van der Waals surface area (Å²) < 4.78 is 29.1.